The van der Waals surface area contributed by atoms with Crippen molar-refractivity contribution in [2.24, 2.45) is 0 Å². The van der Waals surface area contributed by atoms with Crippen molar-refractivity contribution in [1.82, 2.24) is 0 Å². The molecule has 0 saturated heterocycles. The molecule has 0 aromatic carbocycles. The fraction of sp³-hybridized carbons (Fsp3) is 1.00. The smallest absolute Gasteiger partial charge is 0.0810 e. The molecule has 0 bridgehead atoms. The zero-order chi connectivity index (χ0) is 8.74. The molecule has 0 saturated carbocycles. The lowest BCUT2D eigenvalue weighted by Crippen LogP contribution is -2.00. The Balaban J connectivity index is 3.02. The summed E-state index contributed by atoms with van der Waals surface area (Å²) in [6, 6.07) is 0. The molecular weight excluding hydrogens is 164 g/mol. The van der Waals surface area contributed by atoms with Gasteiger partial charge in [0, 0.05) is 5.75 Å². The quantitative estimate of drug-likeness (QED) is 0.553. The highest BCUT2D eigenvalue weighted by molar-refractivity contribution is 8.19. The molecule has 0 spiro atoms. The van der Waals surface area contributed by atoms with Crippen LogP contribution in [0.4, 0.5) is 0 Å². The highest BCUT2D eigenvalue weighted by Crippen LogP contribution is 2.33. The van der Waals surface area contributed by atoms with Gasteiger partial charge in [0.2, 0.25) is 0 Å². The van der Waals surface area contributed by atoms with Gasteiger partial charge in [0.15, 0.2) is 0 Å². The first kappa shape index (κ1) is 11.2. The molecule has 4 heteroatoms. The van der Waals surface area contributed by atoms with Crippen molar-refractivity contribution < 1.29 is 13.7 Å². The third-order valence-electron chi connectivity index (χ3n) is 1.52. The van der Waals surface area contributed by atoms with Gasteiger partial charge in [-0.05, 0) is 6.42 Å². The molecule has 0 unspecified atom stereocenters. The summed E-state index contributed by atoms with van der Waals surface area (Å²) in [5, 5.41) is 0. The Hall–Kier alpha value is 0.230. The Kier molecular flexibility index (Phi) is 5.95. The maximum Gasteiger partial charge on any atom is 0.0810 e. The third kappa shape index (κ3) is 10.2. The van der Waals surface area contributed by atoms with Gasteiger partial charge < -0.3 is 13.7 Å². The lowest BCUT2D eigenvalue weighted by atomic mass is 10.2. The SMILES string of the molecule is CCCCCCCS(O)(O)O. The van der Waals surface area contributed by atoms with Crippen LogP contribution in [0.15, 0.2) is 0 Å². The maximum absolute atomic E-state index is 8.57. The van der Waals surface area contributed by atoms with E-state index in [1.54, 1.807) is 0 Å². The van der Waals surface area contributed by atoms with Crippen LogP contribution in [0.1, 0.15) is 39.0 Å². The van der Waals surface area contributed by atoms with Gasteiger partial charge in [0.05, 0.1) is 10.9 Å². The maximum atomic E-state index is 8.57. The molecule has 0 aliphatic rings. The van der Waals surface area contributed by atoms with Gasteiger partial charge in [0.1, 0.15) is 0 Å². The summed E-state index contributed by atoms with van der Waals surface area (Å²) in [6.45, 7) is 2.12. The first-order chi connectivity index (χ1) is 5.06. The van der Waals surface area contributed by atoms with E-state index in [4.69, 9.17) is 13.7 Å². The second kappa shape index (κ2) is 5.83. The molecule has 11 heavy (non-hydrogen) atoms. The minimum atomic E-state index is -3.21. The predicted octanol–water partition coefficient (Wildman–Crippen LogP) is 3.18. The summed E-state index contributed by atoms with van der Waals surface area (Å²) in [7, 11) is -3.21. The number of hydrogen-bond donors (Lipinski definition) is 3. The molecule has 0 aliphatic carbocycles. The van der Waals surface area contributed by atoms with E-state index in [-0.39, 0.29) is 5.75 Å². The second-order valence-corrected chi connectivity index (χ2v) is 4.42. The molecule has 3 N–H and O–H groups in total. The molecule has 0 aliphatic heterocycles. The topological polar surface area (TPSA) is 60.7 Å². The lowest BCUT2D eigenvalue weighted by Gasteiger charge is -2.18. The number of unbranched alkanes of at least 4 members (excludes halogenated alkanes) is 4. The highest BCUT2D eigenvalue weighted by Gasteiger charge is 2.09. The largest absolute Gasteiger partial charge is 0.308 e. The van der Waals surface area contributed by atoms with E-state index < -0.39 is 10.9 Å². The number of rotatable bonds is 6. The number of hydrogen-bond acceptors (Lipinski definition) is 3. The molecule has 0 aromatic rings. The van der Waals surface area contributed by atoms with E-state index in [1.807, 2.05) is 0 Å². The third-order valence-corrected chi connectivity index (χ3v) is 2.36. The minimum Gasteiger partial charge on any atom is -0.308 e. The van der Waals surface area contributed by atoms with Crippen LogP contribution in [-0.2, 0) is 0 Å². The van der Waals surface area contributed by atoms with Gasteiger partial charge in [-0.1, -0.05) is 32.6 Å². The predicted molar refractivity (Wildman–Crippen MR) is 49.1 cm³/mol. The Morgan fingerprint density at radius 2 is 1.45 bits per heavy atom. The van der Waals surface area contributed by atoms with Crippen LogP contribution in [0.3, 0.4) is 0 Å². The van der Waals surface area contributed by atoms with Crippen LogP contribution in [-0.4, -0.2) is 19.4 Å². The minimum absolute atomic E-state index is 0.136. The van der Waals surface area contributed by atoms with E-state index >= 15 is 0 Å². The van der Waals surface area contributed by atoms with E-state index in [1.165, 1.54) is 12.8 Å². The van der Waals surface area contributed by atoms with Crippen molar-refractivity contribution in [1.29, 1.82) is 0 Å². The van der Waals surface area contributed by atoms with Gasteiger partial charge in [-0.15, -0.1) is 0 Å². The van der Waals surface area contributed by atoms with E-state index in [0.29, 0.717) is 6.42 Å². The monoisotopic (exact) mass is 182 g/mol. The van der Waals surface area contributed by atoms with Crippen LogP contribution >= 0.6 is 10.9 Å². The zero-order valence-electron chi connectivity index (χ0n) is 6.99. The van der Waals surface area contributed by atoms with Crippen molar-refractivity contribution in [3.05, 3.63) is 0 Å². The molecule has 0 heterocycles. The van der Waals surface area contributed by atoms with Crippen LogP contribution in [0.25, 0.3) is 0 Å². The summed E-state index contributed by atoms with van der Waals surface area (Å²) in [4.78, 5) is 0. The average Bonchev–Trinajstić information content (AvgIpc) is 1.85. The molecular formula is C7H18O3S. The zero-order valence-corrected chi connectivity index (χ0v) is 7.81. The van der Waals surface area contributed by atoms with Crippen molar-refractivity contribution >= 4 is 10.9 Å². The van der Waals surface area contributed by atoms with Gasteiger partial charge in [-0.3, -0.25) is 0 Å². The van der Waals surface area contributed by atoms with Crippen molar-refractivity contribution in [2.45, 2.75) is 39.0 Å². The van der Waals surface area contributed by atoms with Gasteiger partial charge >= 0.3 is 0 Å². The lowest BCUT2D eigenvalue weighted by molar-refractivity contribution is 0.373. The fourth-order valence-electron chi connectivity index (χ4n) is 0.899. The normalized spacial score (nSPS) is 13.5. The summed E-state index contributed by atoms with van der Waals surface area (Å²) in [5.74, 6) is 0.136. The Morgan fingerprint density at radius 1 is 0.909 bits per heavy atom. The summed E-state index contributed by atoms with van der Waals surface area (Å²) < 4.78 is 25.7. The van der Waals surface area contributed by atoms with Crippen molar-refractivity contribution in [2.75, 3.05) is 5.75 Å². The molecule has 70 valence electrons. The van der Waals surface area contributed by atoms with Gasteiger partial charge in [-0.2, -0.15) is 0 Å². The summed E-state index contributed by atoms with van der Waals surface area (Å²) in [5.41, 5.74) is 0. The first-order valence-electron chi connectivity index (χ1n) is 4.04. The van der Waals surface area contributed by atoms with Gasteiger partial charge in [-0.25, -0.2) is 0 Å². The summed E-state index contributed by atoms with van der Waals surface area (Å²) >= 11 is 0. The van der Waals surface area contributed by atoms with Crippen molar-refractivity contribution in [3.63, 3.8) is 0 Å². The van der Waals surface area contributed by atoms with Crippen LogP contribution in [0, 0.1) is 0 Å². The Morgan fingerprint density at radius 3 is 1.91 bits per heavy atom. The molecule has 3 nitrogen and oxygen atoms in total. The van der Waals surface area contributed by atoms with Crippen LogP contribution in [0.2, 0.25) is 0 Å². The molecule has 0 rings (SSSR count). The van der Waals surface area contributed by atoms with E-state index in [0.717, 1.165) is 12.8 Å². The standard InChI is InChI=1S/C7H18O3S/c1-2-3-4-5-6-7-11(8,9)10/h8-10H,2-7H2,1H3. The Bertz CT molecular complexity index is 90.2. The van der Waals surface area contributed by atoms with Crippen LogP contribution < -0.4 is 0 Å². The van der Waals surface area contributed by atoms with Crippen LogP contribution in [0.5, 0.6) is 0 Å². The first-order valence-corrected chi connectivity index (χ1v) is 5.72. The van der Waals surface area contributed by atoms with Gasteiger partial charge in [0.25, 0.3) is 0 Å². The molecule has 0 amide bonds. The molecule has 0 aromatic heterocycles. The van der Waals surface area contributed by atoms with E-state index in [9.17, 15) is 0 Å². The van der Waals surface area contributed by atoms with E-state index in [2.05, 4.69) is 6.92 Å². The Labute approximate surface area is 70.0 Å². The highest BCUT2D eigenvalue weighted by atomic mass is 32.3. The molecule has 0 radical (unpaired) electrons. The fourth-order valence-corrected chi connectivity index (χ4v) is 1.49. The second-order valence-electron chi connectivity index (χ2n) is 2.75. The van der Waals surface area contributed by atoms with Crippen molar-refractivity contribution in [3.8, 4) is 0 Å². The molecule has 0 atom stereocenters. The average molecular weight is 182 g/mol. The summed E-state index contributed by atoms with van der Waals surface area (Å²) in [6.07, 6.45) is 5.16. The molecule has 0 fully saturated rings.